The Hall–Kier alpha value is -2.57. The van der Waals surface area contributed by atoms with E-state index in [0.29, 0.717) is 21.8 Å². The van der Waals surface area contributed by atoms with Gasteiger partial charge < -0.3 is 4.84 Å². The Bertz CT molecular complexity index is 752. The van der Waals surface area contributed by atoms with Crippen molar-refractivity contribution in [3.05, 3.63) is 22.3 Å². The standard InChI is InChI=1S/C18H21NO6/c1-9-10(2)17(24)15(11(3)16(9)23)18(4,5)8-14(22)25-19-12(20)6-7-13(19)21/h6-8H2,1-5H3. The fraction of sp³-hybridized carbons (Fsp3) is 0.500. The first kappa shape index (κ1) is 18.8. The number of hydroxylamine groups is 2. The van der Waals surface area contributed by atoms with Crippen LogP contribution in [0.25, 0.3) is 0 Å². The van der Waals surface area contributed by atoms with Gasteiger partial charge in [0.1, 0.15) is 0 Å². The molecule has 1 fully saturated rings. The lowest BCUT2D eigenvalue weighted by Crippen LogP contribution is -2.36. The van der Waals surface area contributed by atoms with Gasteiger partial charge in [0.2, 0.25) is 0 Å². The highest BCUT2D eigenvalue weighted by Gasteiger charge is 2.40. The Balaban J connectivity index is 2.22. The lowest BCUT2D eigenvalue weighted by atomic mass is 9.71. The van der Waals surface area contributed by atoms with E-state index in [4.69, 9.17) is 4.84 Å². The van der Waals surface area contributed by atoms with Gasteiger partial charge in [-0.2, -0.15) is 0 Å². The quantitative estimate of drug-likeness (QED) is 0.568. The van der Waals surface area contributed by atoms with Crippen molar-refractivity contribution < 1.29 is 28.8 Å². The average Bonchev–Trinajstić information content (AvgIpc) is 2.82. The highest BCUT2D eigenvalue weighted by atomic mass is 16.7. The van der Waals surface area contributed by atoms with Gasteiger partial charge in [-0.1, -0.05) is 13.8 Å². The summed E-state index contributed by atoms with van der Waals surface area (Å²) in [6.07, 6.45) is -0.228. The summed E-state index contributed by atoms with van der Waals surface area (Å²) in [7, 11) is 0. The first-order chi connectivity index (χ1) is 11.5. The van der Waals surface area contributed by atoms with Crippen LogP contribution in [-0.2, 0) is 28.8 Å². The van der Waals surface area contributed by atoms with E-state index in [1.807, 2.05) is 0 Å². The number of imide groups is 1. The number of amides is 2. The molecule has 7 heteroatoms. The van der Waals surface area contributed by atoms with Crippen LogP contribution in [0.2, 0.25) is 0 Å². The minimum Gasteiger partial charge on any atom is -0.330 e. The molecule has 0 atom stereocenters. The van der Waals surface area contributed by atoms with Gasteiger partial charge in [0, 0.05) is 40.5 Å². The number of carbonyl (C=O) groups excluding carboxylic acids is 5. The van der Waals surface area contributed by atoms with Crippen molar-refractivity contribution in [2.45, 2.75) is 53.9 Å². The Kier molecular flexibility index (Phi) is 4.79. The van der Waals surface area contributed by atoms with Crippen molar-refractivity contribution in [3.8, 4) is 0 Å². The van der Waals surface area contributed by atoms with Crippen molar-refractivity contribution >= 4 is 29.4 Å². The molecular formula is C18H21NO6. The minimum atomic E-state index is -0.984. The Morgan fingerprint density at radius 3 is 1.92 bits per heavy atom. The van der Waals surface area contributed by atoms with Crippen LogP contribution in [0.5, 0.6) is 0 Å². The molecule has 1 aliphatic heterocycles. The van der Waals surface area contributed by atoms with Crippen molar-refractivity contribution in [2.24, 2.45) is 5.41 Å². The van der Waals surface area contributed by atoms with Crippen LogP contribution in [0.3, 0.4) is 0 Å². The molecule has 1 aliphatic carbocycles. The van der Waals surface area contributed by atoms with E-state index in [0.717, 1.165) is 0 Å². The molecule has 0 saturated carbocycles. The lowest BCUT2D eigenvalue weighted by molar-refractivity contribution is -0.198. The second-order valence-electron chi connectivity index (χ2n) is 7.01. The Labute approximate surface area is 145 Å². The average molecular weight is 347 g/mol. The van der Waals surface area contributed by atoms with Crippen LogP contribution < -0.4 is 0 Å². The lowest BCUT2D eigenvalue weighted by Gasteiger charge is -2.31. The van der Waals surface area contributed by atoms with Gasteiger partial charge in [0.25, 0.3) is 11.8 Å². The Morgan fingerprint density at radius 2 is 1.40 bits per heavy atom. The van der Waals surface area contributed by atoms with Crippen LogP contribution in [0.1, 0.15) is 53.9 Å². The highest BCUT2D eigenvalue weighted by Crippen LogP contribution is 2.39. The molecule has 0 aromatic heterocycles. The molecule has 0 radical (unpaired) electrons. The van der Waals surface area contributed by atoms with E-state index in [9.17, 15) is 24.0 Å². The van der Waals surface area contributed by atoms with Crippen LogP contribution in [0.4, 0.5) is 0 Å². The van der Waals surface area contributed by atoms with Gasteiger partial charge in [-0.25, -0.2) is 4.79 Å². The molecule has 2 amide bonds. The molecule has 1 heterocycles. The van der Waals surface area contributed by atoms with Crippen molar-refractivity contribution in [1.29, 1.82) is 0 Å². The molecular weight excluding hydrogens is 326 g/mol. The number of carbonyl (C=O) groups is 5. The molecule has 0 bridgehead atoms. The van der Waals surface area contributed by atoms with Crippen LogP contribution in [0.15, 0.2) is 22.3 Å². The molecule has 1 saturated heterocycles. The zero-order chi connectivity index (χ0) is 19.1. The van der Waals surface area contributed by atoms with Crippen molar-refractivity contribution in [2.75, 3.05) is 0 Å². The normalized spacial score (nSPS) is 19.3. The summed E-state index contributed by atoms with van der Waals surface area (Å²) < 4.78 is 0. The van der Waals surface area contributed by atoms with E-state index in [2.05, 4.69) is 0 Å². The first-order valence-corrected chi connectivity index (χ1v) is 8.02. The van der Waals surface area contributed by atoms with E-state index in [-0.39, 0.29) is 36.4 Å². The molecule has 25 heavy (non-hydrogen) atoms. The van der Waals surface area contributed by atoms with Crippen molar-refractivity contribution in [3.63, 3.8) is 0 Å². The maximum Gasteiger partial charge on any atom is 0.334 e. The zero-order valence-corrected chi connectivity index (χ0v) is 15.0. The third-order valence-electron chi connectivity index (χ3n) is 4.65. The number of allylic oxidation sites excluding steroid dienone is 4. The van der Waals surface area contributed by atoms with Gasteiger partial charge in [-0.05, 0) is 20.8 Å². The molecule has 134 valence electrons. The third-order valence-corrected chi connectivity index (χ3v) is 4.65. The molecule has 2 aliphatic rings. The predicted octanol–water partition coefficient (Wildman–Crippen LogP) is 1.81. The number of hydrogen-bond acceptors (Lipinski definition) is 6. The van der Waals surface area contributed by atoms with Gasteiger partial charge in [-0.3, -0.25) is 19.2 Å². The second-order valence-corrected chi connectivity index (χ2v) is 7.01. The first-order valence-electron chi connectivity index (χ1n) is 8.02. The topological polar surface area (TPSA) is 97.8 Å². The minimum absolute atomic E-state index is 0.00994. The number of Topliss-reactive ketones (excluding diaryl/α,β-unsaturated/α-hetero) is 2. The number of ketones is 2. The molecule has 0 aromatic carbocycles. The van der Waals surface area contributed by atoms with Gasteiger partial charge in [0.05, 0.1) is 6.42 Å². The van der Waals surface area contributed by atoms with E-state index in [1.54, 1.807) is 34.6 Å². The molecule has 0 unspecified atom stereocenters. The molecule has 2 rings (SSSR count). The largest absolute Gasteiger partial charge is 0.334 e. The number of hydrogen-bond donors (Lipinski definition) is 0. The molecule has 7 nitrogen and oxygen atoms in total. The van der Waals surface area contributed by atoms with Crippen LogP contribution in [0, 0.1) is 5.41 Å². The summed E-state index contributed by atoms with van der Waals surface area (Å²) in [5.74, 6) is -2.44. The maximum atomic E-state index is 12.6. The second kappa shape index (κ2) is 6.38. The van der Waals surface area contributed by atoms with Crippen LogP contribution >= 0.6 is 0 Å². The molecule has 0 N–H and O–H groups in total. The number of rotatable bonds is 4. The SMILES string of the molecule is CC1=C(C)C(=O)C(C(C)(C)CC(=O)ON2C(=O)CCC2=O)=C(C)C1=O. The monoisotopic (exact) mass is 347 g/mol. The van der Waals surface area contributed by atoms with Crippen molar-refractivity contribution in [1.82, 2.24) is 5.06 Å². The summed E-state index contributed by atoms with van der Waals surface area (Å²) in [5, 5.41) is 0.475. The predicted molar refractivity (Wildman–Crippen MR) is 86.7 cm³/mol. The fourth-order valence-electron chi connectivity index (χ4n) is 3.15. The van der Waals surface area contributed by atoms with Gasteiger partial charge in [0.15, 0.2) is 11.6 Å². The zero-order valence-electron chi connectivity index (χ0n) is 15.0. The third kappa shape index (κ3) is 3.31. The van der Waals surface area contributed by atoms with E-state index >= 15 is 0 Å². The molecule has 0 aromatic rings. The van der Waals surface area contributed by atoms with Crippen LogP contribution in [-0.4, -0.2) is 34.4 Å². The summed E-state index contributed by atoms with van der Waals surface area (Å²) in [6.45, 7) is 8.05. The van der Waals surface area contributed by atoms with Gasteiger partial charge in [-0.15, -0.1) is 5.06 Å². The summed E-state index contributed by atoms with van der Waals surface area (Å²) in [4.78, 5) is 65.1. The highest BCUT2D eigenvalue weighted by molar-refractivity contribution is 6.25. The smallest absolute Gasteiger partial charge is 0.330 e. The van der Waals surface area contributed by atoms with E-state index < -0.39 is 23.2 Å². The summed E-state index contributed by atoms with van der Waals surface area (Å²) in [5.41, 5.74) is 0.340. The Morgan fingerprint density at radius 1 is 0.920 bits per heavy atom. The summed E-state index contributed by atoms with van der Waals surface area (Å²) in [6, 6.07) is 0. The maximum absolute atomic E-state index is 12.6. The molecule has 0 spiro atoms. The van der Waals surface area contributed by atoms with E-state index in [1.165, 1.54) is 0 Å². The number of nitrogens with zero attached hydrogens (tertiary/aromatic N) is 1. The van der Waals surface area contributed by atoms with Gasteiger partial charge >= 0.3 is 5.97 Å². The fourth-order valence-corrected chi connectivity index (χ4v) is 3.15. The summed E-state index contributed by atoms with van der Waals surface area (Å²) >= 11 is 0.